The van der Waals surface area contributed by atoms with Crippen LogP contribution in [0.1, 0.15) is 45.7 Å². The molecule has 2 aromatic rings. The summed E-state index contributed by atoms with van der Waals surface area (Å²) in [7, 11) is 0. The van der Waals surface area contributed by atoms with E-state index in [2.05, 4.69) is 10.1 Å². The number of nitrogen functional groups attached to an aromatic ring is 2. The number of rotatable bonds is 6. The molecule has 1 saturated heterocycles. The van der Waals surface area contributed by atoms with E-state index >= 15 is 0 Å². The molecule has 1 fully saturated rings. The Bertz CT molecular complexity index is 905. The molecule has 0 spiro atoms. The van der Waals surface area contributed by atoms with Crippen LogP contribution in [0.25, 0.3) is 0 Å². The first kappa shape index (κ1) is 28.4. The molecule has 1 heterocycles. The van der Waals surface area contributed by atoms with Gasteiger partial charge in [0.2, 0.25) is 0 Å². The van der Waals surface area contributed by atoms with Crippen molar-refractivity contribution in [3.63, 3.8) is 0 Å². The molecule has 8 heteroatoms. The van der Waals surface area contributed by atoms with Crippen LogP contribution in [0.4, 0.5) is 16.2 Å². The van der Waals surface area contributed by atoms with Crippen molar-refractivity contribution >= 4 is 35.0 Å². The molecule has 1 unspecified atom stereocenters. The zero-order valence-electron chi connectivity index (χ0n) is 20.5. The highest BCUT2D eigenvalue weighted by molar-refractivity contribution is 5.95. The number of carbonyl (C=O) groups excluding carboxylic acids is 4. The highest BCUT2D eigenvalue weighted by Crippen LogP contribution is 2.11. The average molecular weight is 470 g/mol. The van der Waals surface area contributed by atoms with Crippen LogP contribution in [0.15, 0.2) is 48.5 Å². The predicted molar refractivity (Wildman–Crippen MR) is 133 cm³/mol. The number of amides is 1. The number of nitrogens with two attached hydrogens (primary N) is 2. The first-order valence-corrected chi connectivity index (χ1v) is 11.2. The summed E-state index contributed by atoms with van der Waals surface area (Å²) >= 11 is 0. The fraction of sp³-hybridized carbons (Fsp3) is 0.385. The number of anilines is 2. The Hall–Kier alpha value is -3.68. The lowest BCUT2D eigenvalue weighted by Crippen LogP contribution is -2.24. The van der Waals surface area contributed by atoms with Crippen molar-refractivity contribution in [1.29, 1.82) is 0 Å². The molecule has 0 saturated carbocycles. The van der Waals surface area contributed by atoms with E-state index in [0.29, 0.717) is 12.8 Å². The lowest BCUT2D eigenvalue weighted by Gasteiger charge is -2.07. The predicted octanol–water partition coefficient (Wildman–Crippen LogP) is 3.71. The van der Waals surface area contributed by atoms with Crippen LogP contribution in [0.3, 0.4) is 0 Å². The van der Waals surface area contributed by atoms with Crippen molar-refractivity contribution in [2.45, 2.75) is 53.5 Å². The molecule has 5 N–H and O–H groups in total. The highest BCUT2D eigenvalue weighted by atomic mass is 16.6. The molecule has 0 aliphatic carbocycles. The number of ketones is 2. The monoisotopic (exact) mass is 469 g/mol. The van der Waals surface area contributed by atoms with Crippen molar-refractivity contribution < 1.29 is 23.9 Å². The molecule has 1 amide bonds. The van der Waals surface area contributed by atoms with Crippen molar-refractivity contribution in [2.24, 2.45) is 11.8 Å². The third-order valence-electron chi connectivity index (χ3n) is 4.89. The van der Waals surface area contributed by atoms with Crippen LogP contribution < -0.4 is 16.8 Å². The van der Waals surface area contributed by atoms with Gasteiger partial charge in [0, 0.05) is 36.1 Å². The van der Waals surface area contributed by atoms with Crippen LogP contribution in [0.2, 0.25) is 0 Å². The van der Waals surface area contributed by atoms with E-state index in [4.69, 9.17) is 11.5 Å². The minimum Gasteiger partial charge on any atom is -0.399 e. The smallest absolute Gasteiger partial charge is 0.399 e. The molecule has 184 valence electrons. The van der Waals surface area contributed by atoms with Gasteiger partial charge < -0.3 is 21.5 Å². The normalized spacial score (nSPS) is 14.4. The van der Waals surface area contributed by atoms with Gasteiger partial charge in [-0.25, -0.2) is 9.59 Å². The van der Waals surface area contributed by atoms with E-state index in [9.17, 15) is 19.2 Å². The molecule has 34 heavy (non-hydrogen) atoms. The van der Waals surface area contributed by atoms with Gasteiger partial charge in [-0.1, -0.05) is 52.0 Å². The number of ether oxygens (including phenoxy) is 1. The average Bonchev–Trinajstić information content (AvgIpc) is 3.07. The topological polar surface area (TPSA) is 142 Å². The van der Waals surface area contributed by atoms with Gasteiger partial charge in [0.05, 0.1) is 0 Å². The van der Waals surface area contributed by atoms with Gasteiger partial charge in [-0.15, -0.1) is 0 Å². The fourth-order valence-electron chi connectivity index (χ4n) is 2.53. The van der Waals surface area contributed by atoms with Gasteiger partial charge in [-0.05, 0) is 42.3 Å². The van der Waals surface area contributed by atoms with Crippen LogP contribution in [-0.4, -0.2) is 29.7 Å². The van der Waals surface area contributed by atoms with Crippen LogP contribution in [0, 0.1) is 11.8 Å². The van der Waals surface area contributed by atoms with Crippen LogP contribution in [0.5, 0.6) is 0 Å². The summed E-state index contributed by atoms with van der Waals surface area (Å²) < 4.78 is 4.08. The van der Waals surface area contributed by atoms with E-state index in [0.717, 1.165) is 22.5 Å². The largest absolute Gasteiger partial charge is 0.415 e. The second-order valence-corrected chi connectivity index (χ2v) is 8.65. The van der Waals surface area contributed by atoms with E-state index in [-0.39, 0.29) is 23.4 Å². The zero-order valence-corrected chi connectivity index (χ0v) is 20.5. The minimum atomic E-state index is -0.650. The third kappa shape index (κ3) is 10.8. The minimum absolute atomic E-state index is 0.0761. The molecule has 8 nitrogen and oxygen atoms in total. The number of Topliss-reactive ketones (excluding diaryl/α,β-unsaturated/α-hetero) is 2. The Morgan fingerprint density at radius 2 is 1.15 bits per heavy atom. The maximum atomic E-state index is 11.6. The lowest BCUT2D eigenvalue weighted by atomic mass is 9.97. The Kier molecular flexibility index (Phi) is 11.5. The second kappa shape index (κ2) is 13.8. The quantitative estimate of drug-likeness (QED) is 0.332. The summed E-state index contributed by atoms with van der Waals surface area (Å²) in [4.78, 5) is 43.6. The first-order valence-electron chi connectivity index (χ1n) is 11.2. The number of cyclic esters (lactones) is 2. The molecule has 3 rings (SSSR count). The van der Waals surface area contributed by atoms with Gasteiger partial charge in [-0.3, -0.25) is 9.59 Å². The number of hydrogen-bond donors (Lipinski definition) is 3. The zero-order chi connectivity index (χ0) is 25.8. The first-order chi connectivity index (χ1) is 15.9. The molecule has 0 radical (unpaired) electrons. The summed E-state index contributed by atoms with van der Waals surface area (Å²) in [6, 6.07) is 14.4. The van der Waals surface area contributed by atoms with Crippen LogP contribution in [-0.2, 0) is 32.0 Å². The maximum Gasteiger partial charge on any atom is 0.415 e. The van der Waals surface area contributed by atoms with Gasteiger partial charge in [0.1, 0.15) is 17.6 Å². The van der Waals surface area contributed by atoms with Crippen molar-refractivity contribution in [3.8, 4) is 0 Å². The van der Waals surface area contributed by atoms with E-state index in [1.54, 1.807) is 31.2 Å². The number of carbonyl (C=O) groups is 4. The maximum absolute atomic E-state index is 11.6. The third-order valence-corrected chi connectivity index (χ3v) is 4.89. The fourth-order valence-corrected chi connectivity index (χ4v) is 2.53. The lowest BCUT2D eigenvalue weighted by molar-refractivity contribution is -0.135. The molecule has 0 aromatic heterocycles. The molecule has 1 aliphatic rings. The van der Waals surface area contributed by atoms with Crippen LogP contribution >= 0.6 is 0 Å². The van der Waals surface area contributed by atoms with E-state index < -0.39 is 18.1 Å². The van der Waals surface area contributed by atoms with Crippen molar-refractivity contribution in [2.75, 3.05) is 11.5 Å². The molecule has 2 aromatic carbocycles. The molecular formula is C26H35N3O5. The SMILES string of the molecule is CC(C)C(=O)Cc1ccc(CC(=O)C(C)C)cc1.CC1NC(=O)OC1=O.Nc1ccc(N)cc1. The highest BCUT2D eigenvalue weighted by Gasteiger charge is 2.27. The Balaban J connectivity index is 0.000000296. The number of esters is 1. The molecule has 1 atom stereocenters. The Morgan fingerprint density at radius 3 is 1.35 bits per heavy atom. The molecule has 0 bridgehead atoms. The second-order valence-electron chi connectivity index (χ2n) is 8.65. The number of hydrogen-bond acceptors (Lipinski definition) is 7. The number of alkyl carbamates (subject to hydrolysis) is 1. The van der Waals surface area contributed by atoms with Gasteiger partial charge in [0.15, 0.2) is 0 Å². The standard InChI is InChI=1S/C16H22O2.C6H8N2.C4H5NO3/c1-11(2)15(17)9-13-5-7-14(8-6-13)10-16(18)12(3)4;7-5-1-2-6(8)4-3-5;1-2-3(6)8-4(7)5-2/h5-8,11-12H,9-10H2,1-4H3;1-4H,7-8H2;2H,1H3,(H,5,7). The summed E-state index contributed by atoms with van der Waals surface area (Å²) in [5.74, 6) is 0.149. The summed E-state index contributed by atoms with van der Waals surface area (Å²) in [5.41, 5.74) is 14.3. The van der Waals surface area contributed by atoms with Gasteiger partial charge in [-0.2, -0.15) is 0 Å². The number of nitrogens with one attached hydrogen (secondary N) is 1. The van der Waals surface area contributed by atoms with Gasteiger partial charge >= 0.3 is 12.1 Å². The summed E-state index contributed by atoms with van der Waals surface area (Å²) in [5, 5.41) is 2.26. The van der Waals surface area contributed by atoms with Crippen molar-refractivity contribution in [3.05, 3.63) is 59.7 Å². The van der Waals surface area contributed by atoms with E-state index in [1.165, 1.54) is 0 Å². The summed E-state index contributed by atoms with van der Waals surface area (Å²) in [6.07, 6.45) is 0.314. The van der Waals surface area contributed by atoms with E-state index in [1.807, 2.05) is 52.0 Å². The Morgan fingerprint density at radius 1 is 0.794 bits per heavy atom. The summed E-state index contributed by atoms with van der Waals surface area (Å²) in [6.45, 7) is 9.22. The Labute approximate surface area is 201 Å². The van der Waals surface area contributed by atoms with Crippen molar-refractivity contribution in [1.82, 2.24) is 5.32 Å². The van der Waals surface area contributed by atoms with Gasteiger partial charge in [0.25, 0.3) is 0 Å². The molecule has 1 aliphatic heterocycles. The number of benzene rings is 2. The molecular weight excluding hydrogens is 434 g/mol.